The smallest absolute Gasteiger partial charge is 0.337 e. The average molecular weight is 411 g/mol. The van der Waals surface area contributed by atoms with Gasteiger partial charge in [-0.05, 0) is 48.9 Å². The second-order valence-corrected chi connectivity index (χ2v) is 7.08. The molecule has 5 nitrogen and oxygen atoms in total. The molecule has 0 aliphatic heterocycles. The molecule has 160 valence electrons. The number of unbranched alkanes of at least 4 members (excludes halogenated alkanes) is 1. The summed E-state index contributed by atoms with van der Waals surface area (Å²) in [5, 5.41) is 0. The standard InChI is InChI=1S/C25H30O5/c1-28-23-10-6-5-9-21(23)15-12-19(8-4-7-11-24(26)29-2)18-20-13-16-22(17-14-20)25(27)30-3/h5-6,9-10,12-17,19H,4,7-8,11,18H2,1-3H3. The van der Waals surface area contributed by atoms with Crippen molar-refractivity contribution >= 4 is 18.0 Å². The number of esters is 2. The predicted octanol–water partition coefficient (Wildman–Crippen LogP) is 5.09. The van der Waals surface area contributed by atoms with Crippen molar-refractivity contribution in [1.29, 1.82) is 0 Å². The maximum absolute atomic E-state index is 11.6. The van der Waals surface area contributed by atoms with Crippen molar-refractivity contribution in [2.24, 2.45) is 5.92 Å². The van der Waals surface area contributed by atoms with Crippen LogP contribution in [0.1, 0.15) is 47.2 Å². The Morgan fingerprint density at radius 2 is 1.67 bits per heavy atom. The molecule has 2 rings (SSSR count). The zero-order valence-corrected chi connectivity index (χ0v) is 17.9. The molecule has 0 amide bonds. The van der Waals surface area contributed by atoms with E-state index in [1.165, 1.54) is 14.2 Å². The summed E-state index contributed by atoms with van der Waals surface area (Å²) in [6.45, 7) is 0. The number of benzene rings is 2. The number of carbonyl (C=O) groups excluding carboxylic acids is 2. The Morgan fingerprint density at radius 1 is 0.933 bits per heavy atom. The highest BCUT2D eigenvalue weighted by molar-refractivity contribution is 5.89. The zero-order chi connectivity index (χ0) is 21.8. The molecule has 0 radical (unpaired) electrons. The first kappa shape index (κ1) is 23.2. The van der Waals surface area contributed by atoms with Crippen molar-refractivity contribution < 1.29 is 23.8 Å². The van der Waals surface area contributed by atoms with E-state index in [2.05, 4.69) is 12.2 Å². The topological polar surface area (TPSA) is 61.8 Å². The van der Waals surface area contributed by atoms with Crippen LogP contribution in [0, 0.1) is 5.92 Å². The largest absolute Gasteiger partial charge is 0.496 e. The number of ether oxygens (including phenoxy) is 3. The molecule has 0 aliphatic carbocycles. The maximum Gasteiger partial charge on any atom is 0.337 e. The monoisotopic (exact) mass is 410 g/mol. The fourth-order valence-electron chi connectivity index (χ4n) is 3.29. The Bertz CT molecular complexity index is 839. The van der Waals surface area contributed by atoms with Gasteiger partial charge in [0.1, 0.15) is 5.75 Å². The van der Waals surface area contributed by atoms with E-state index in [4.69, 9.17) is 14.2 Å². The summed E-state index contributed by atoms with van der Waals surface area (Å²) in [7, 11) is 4.46. The summed E-state index contributed by atoms with van der Waals surface area (Å²) >= 11 is 0. The highest BCUT2D eigenvalue weighted by atomic mass is 16.5. The minimum atomic E-state index is -0.336. The van der Waals surface area contributed by atoms with Gasteiger partial charge in [-0.1, -0.05) is 48.9 Å². The summed E-state index contributed by atoms with van der Waals surface area (Å²) in [4.78, 5) is 23.0. The molecule has 2 aromatic carbocycles. The van der Waals surface area contributed by atoms with E-state index in [1.807, 2.05) is 36.4 Å². The minimum Gasteiger partial charge on any atom is -0.496 e. The molecule has 1 unspecified atom stereocenters. The third-order valence-corrected chi connectivity index (χ3v) is 4.99. The van der Waals surface area contributed by atoms with Gasteiger partial charge < -0.3 is 14.2 Å². The number of para-hydroxylation sites is 1. The molecule has 0 saturated carbocycles. The average Bonchev–Trinajstić information content (AvgIpc) is 2.79. The van der Waals surface area contributed by atoms with Crippen LogP contribution in [0.15, 0.2) is 54.6 Å². The quantitative estimate of drug-likeness (QED) is 0.381. The second kappa shape index (κ2) is 12.5. The number of carbonyl (C=O) groups is 2. The van der Waals surface area contributed by atoms with Crippen LogP contribution in [0.3, 0.4) is 0 Å². The van der Waals surface area contributed by atoms with E-state index in [1.54, 1.807) is 19.2 Å². The van der Waals surface area contributed by atoms with Crippen molar-refractivity contribution in [3.8, 4) is 5.75 Å². The Morgan fingerprint density at radius 3 is 2.33 bits per heavy atom. The SMILES string of the molecule is COC(=O)CCCCC(C=Cc1ccccc1OC)Cc1ccc(C(=O)OC)cc1. The van der Waals surface area contributed by atoms with Crippen LogP contribution in [0.2, 0.25) is 0 Å². The molecule has 0 spiro atoms. The van der Waals surface area contributed by atoms with E-state index < -0.39 is 0 Å². The molecule has 0 aliphatic rings. The Labute approximate surface area is 178 Å². The van der Waals surface area contributed by atoms with Crippen molar-refractivity contribution in [2.45, 2.75) is 32.1 Å². The molecule has 0 aromatic heterocycles. The first-order valence-corrected chi connectivity index (χ1v) is 10.1. The molecular formula is C25H30O5. The Hall–Kier alpha value is -3.08. The van der Waals surface area contributed by atoms with Crippen LogP contribution in [0.4, 0.5) is 0 Å². The summed E-state index contributed by atoms with van der Waals surface area (Å²) in [5.74, 6) is 0.614. The van der Waals surface area contributed by atoms with Gasteiger partial charge in [0.15, 0.2) is 0 Å². The highest BCUT2D eigenvalue weighted by Gasteiger charge is 2.10. The molecule has 0 saturated heterocycles. The van der Waals surface area contributed by atoms with E-state index >= 15 is 0 Å². The van der Waals surface area contributed by atoms with Gasteiger partial charge in [0.25, 0.3) is 0 Å². The second-order valence-electron chi connectivity index (χ2n) is 7.08. The molecule has 30 heavy (non-hydrogen) atoms. The molecule has 0 bridgehead atoms. The third-order valence-electron chi connectivity index (χ3n) is 4.99. The first-order chi connectivity index (χ1) is 14.6. The molecule has 2 aromatic rings. The molecule has 1 atom stereocenters. The number of allylic oxidation sites excluding steroid dienone is 1. The van der Waals surface area contributed by atoms with Gasteiger partial charge in [0.2, 0.25) is 0 Å². The number of methoxy groups -OCH3 is 3. The zero-order valence-electron chi connectivity index (χ0n) is 17.9. The van der Waals surface area contributed by atoms with Crippen molar-refractivity contribution in [3.63, 3.8) is 0 Å². The number of rotatable bonds is 11. The molecule has 0 N–H and O–H groups in total. The predicted molar refractivity (Wildman–Crippen MR) is 117 cm³/mol. The summed E-state index contributed by atoms with van der Waals surface area (Å²) in [5.41, 5.74) is 2.71. The van der Waals surface area contributed by atoms with E-state index in [-0.39, 0.29) is 17.9 Å². The minimum absolute atomic E-state index is 0.172. The summed E-state index contributed by atoms with van der Waals surface area (Å²) in [6.07, 6.45) is 8.24. The lowest BCUT2D eigenvalue weighted by Gasteiger charge is -2.14. The summed E-state index contributed by atoms with van der Waals surface area (Å²) in [6, 6.07) is 15.4. The van der Waals surface area contributed by atoms with Gasteiger partial charge in [-0.3, -0.25) is 4.79 Å². The number of hydrogen-bond acceptors (Lipinski definition) is 5. The number of hydrogen-bond donors (Lipinski definition) is 0. The van der Waals surface area contributed by atoms with Crippen molar-refractivity contribution in [3.05, 3.63) is 71.3 Å². The molecule has 5 heteroatoms. The summed E-state index contributed by atoms with van der Waals surface area (Å²) < 4.78 is 14.9. The lowest BCUT2D eigenvalue weighted by Crippen LogP contribution is -2.05. The van der Waals surface area contributed by atoms with Crippen molar-refractivity contribution in [1.82, 2.24) is 0 Å². The first-order valence-electron chi connectivity index (χ1n) is 10.1. The van der Waals surface area contributed by atoms with Gasteiger partial charge in [-0.2, -0.15) is 0 Å². The van der Waals surface area contributed by atoms with Crippen LogP contribution in [-0.4, -0.2) is 33.3 Å². The fraction of sp³-hybridized carbons (Fsp3) is 0.360. The lowest BCUT2D eigenvalue weighted by molar-refractivity contribution is -0.140. The maximum atomic E-state index is 11.6. The normalized spacial score (nSPS) is 11.8. The molecule has 0 fully saturated rings. The molecular weight excluding hydrogens is 380 g/mol. The van der Waals surface area contributed by atoms with Crippen LogP contribution in [-0.2, 0) is 20.7 Å². The van der Waals surface area contributed by atoms with E-state index in [0.29, 0.717) is 12.0 Å². The van der Waals surface area contributed by atoms with Gasteiger partial charge >= 0.3 is 11.9 Å². The Balaban J connectivity index is 2.08. The van der Waals surface area contributed by atoms with E-state index in [0.717, 1.165) is 42.6 Å². The van der Waals surface area contributed by atoms with Crippen LogP contribution < -0.4 is 4.74 Å². The van der Waals surface area contributed by atoms with E-state index in [9.17, 15) is 9.59 Å². The van der Waals surface area contributed by atoms with Crippen LogP contribution >= 0.6 is 0 Å². The fourth-order valence-corrected chi connectivity index (χ4v) is 3.29. The third kappa shape index (κ3) is 7.39. The Kier molecular flexibility index (Phi) is 9.65. The van der Waals surface area contributed by atoms with Gasteiger partial charge in [0.05, 0.1) is 26.9 Å². The van der Waals surface area contributed by atoms with Crippen LogP contribution in [0.25, 0.3) is 6.08 Å². The van der Waals surface area contributed by atoms with Crippen molar-refractivity contribution in [2.75, 3.05) is 21.3 Å². The highest BCUT2D eigenvalue weighted by Crippen LogP contribution is 2.23. The van der Waals surface area contributed by atoms with Gasteiger partial charge in [-0.15, -0.1) is 0 Å². The lowest BCUT2D eigenvalue weighted by atomic mass is 9.92. The van der Waals surface area contributed by atoms with Gasteiger partial charge in [-0.25, -0.2) is 4.79 Å². The van der Waals surface area contributed by atoms with Gasteiger partial charge in [0, 0.05) is 12.0 Å². The molecule has 0 heterocycles. The van der Waals surface area contributed by atoms with Crippen LogP contribution in [0.5, 0.6) is 5.75 Å².